The van der Waals surface area contributed by atoms with Gasteiger partial charge in [0.15, 0.2) is 0 Å². The monoisotopic (exact) mass is 260 g/mol. The summed E-state index contributed by atoms with van der Waals surface area (Å²) in [6.45, 7) is 1.16. The summed E-state index contributed by atoms with van der Waals surface area (Å²) in [6.07, 6.45) is 4.09. The highest BCUT2D eigenvalue weighted by Crippen LogP contribution is 2.33. The lowest BCUT2D eigenvalue weighted by atomic mass is 9.94. The van der Waals surface area contributed by atoms with E-state index in [9.17, 15) is 4.79 Å². The minimum Gasteiger partial charge on any atom is -0.364 e. The summed E-state index contributed by atoms with van der Waals surface area (Å²) in [5.74, 6) is -0.433. The molecule has 0 aliphatic heterocycles. The van der Waals surface area contributed by atoms with Crippen molar-refractivity contribution >= 4 is 5.91 Å². The zero-order chi connectivity index (χ0) is 13.4. The van der Waals surface area contributed by atoms with Crippen molar-refractivity contribution in [2.24, 2.45) is 11.5 Å². The lowest BCUT2D eigenvalue weighted by molar-refractivity contribution is 0.0989. The lowest BCUT2D eigenvalue weighted by Crippen LogP contribution is -2.20. The second kappa shape index (κ2) is 4.51. The van der Waals surface area contributed by atoms with Crippen LogP contribution in [0.25, 0.3) is 11.3 Å². The van der Waals surface area contributed by atoms with E-state index >= 15 is 0 Å². The number of carbonyl (C=O) groups is 1. The minimum absolute atomic E-state index is 0.433. The highest BCUT2D eigenvalue weighted by atomic mass is 16.1. The summed E-state index contributed by atoms with van der Waals surface area (Å²) in [5, 5.41) is 11.5. The first-order valence-electron chi connectivity index (χ1n) is 6.34. The number of aryl methyl sites for hydroxylation is 2. The average molecular weight is 260 g/mol. The first-order valence-corrected chi connectivity index (χ1v) is 6.34. The summed E-state index contributed by atoms with van der Waals surface area (Å²) < 4.78 is 1.68. The summed E-state index contributed by atoms with van der Waals surface area (Å²) >= 11 is 0. The molecule has 0 aromatic carbocycles. The number of aromatic nitrogens is 4. The van der Waals surface area contributed by atoms with Crippen LogP contribution in [0.2, 0.25) is 0 Å². The topological polar surface area (TPSA) is 116 Å². The first-order chi connectivity index (χ1) is 9.22. The van der Waals surface area contributed by atoms with E-state index in [0.717, 1.165) is 41.8 Å². The molecule has 0 bridgehead atoms. The van der Waals surface area contributed by atoms with Gasteiger partial charge in [-0.15, -0.1) is 0 Å². The number of amides is 1. The molecule has 1 aliphatic carbocycles. The maximum absolute atomic E-state index is 11.7. The van der Waals surface area contributed by atoms with Crippen LogP contribution in [0.15, 0.2) is 6.20 Å². The second-order valence-electron chi connectivity index (χ2n) is 4.67. The number of nitrogens with two attached hydrogens (primary N) is 2. The predicted octanol–water partition coefficient (Wildman–Crippen LogP) is -0.180. The van der Waals surface area contributed by atoms with E-state index in [4.69, 9.17) is 11.5 Å². The van der Waals surface area contributed by atoms with Crippen molar-refractivity contribution < 1.29 is 4.79 Å². The Morgan fingerprint density at radius 2 is 2.32 bits per heavy atom. The Bertz CT molecular complexity index is 626. The average Bonchev–Trinajstić information content (AvgIpc) is 2.98. The van der Waals surface area contributed by atoms with Gasteiger partial charge in [-0.1, -0.05) is 0 Å². The summed E-state index contributed by atoms with van der Waals surface area (Å²) in [5.41, 5.74) is 15.3. The SMILES string of the molecule is NCCCn1nc2c(c1C(N)=O)CCc1[nH]ncc1-2. The zero-order valence-electron chi connectivity index (χ0n) is 10.5. The second-order valence-corrected chi connectivity index (χ2v) is 4.67. The van der Waals surface area contributed by atoms with Gasteiger partial charge in [0.2, 0.25) is 0 Å². The van der Waals surface area contributed by atoms with Gasteiger partial charge in [-0.25, -0.2) is 0 Å². The van der Waals surface area contributed by atoms with Crippen molar-refractivity contribution in [2.45, 2.75) is 25.8 Å². The fourth-order valence-corrected chi connectivity index (χ4v) is 2.59. The Morgan fingerprint density at radius 3 is 3.05 bits per heavy atom. The molecule has 0 saturated heterocycles. The van der Waals surface area contributed by atoms with Crippen molar-refractivity contribution in [3.05, 3.63) is 23.1 Å². The number of rotatable bonds is 4. The van der Waals surface area contributed by atoms with E-state index in [0.29, 0.717) is 18.8 Å². The fraction of sp³-hybridized carbons (Fsp3) is 0.417. The third-order valence-corrected chi connectivity index (χ3v) is 3.46. The molecular formula is C12H16N6O. The van der Waals surface area contributed by atoms with Crippen molar-refractivity contribution in [1.29, 1.82) is 0 Å². The molecule has 0 fully saturated rings. The van der Waals surface area contributed by atoms with Gasteiger partial charge in [0.1, 0.15) is 5.69 Å². The first kappa shape index (κ1) is 11.9. The molecule has 7 nitrogen and oxygen atoms in total. The fourth-order valence-electron chi connectivity index (χ4n) is 2.59. The van der Waals surface area contributed by atoms with Crippen LogP contribution in [0.4, 0.5) is 0 Å². The summed E-state index contributed by atoms with van der Waals surface area (Å²) in [7, 11) is 0. The highest BCUT2D eigenvalue weighted by molar-refractivity contribution is 5.95. The molecule has 2 aromatic heterocycles. The minimum atomic E-state index is -0.433. The van der Waals surface area contributed by atoms with Gasteiger partial charge in [0.25, 0.3) is 5.91 Å². The molecule has 2 heterocycles. The number of hydrogen-bond donors (Lipinski definition) is 3. The predicted molar refractivity (Wildman–Crippen MR) is 69.4 cm³/mol. The van der Waals surface area contributed by atoms with Crippen molar-refractivity contribution in [1.82, 2.24) is 20.0 Å². The smallest absolute Gasteiger partial charge is 0.267 e. The van der Waals surface area contributed by atoms with Crippen LogP contribution >= 0.6 is 0 Å². The largest absolute Gasteiger partial charge is 0.364 e. The Kier molecular flexibility index (Phi) is 2.83. The Labute approximate surface area is 110 Å². The van der Waals surface area contributed by atoms with E-state index < -0.39 is 5.91 Å². The Morgan fingerprint density at radius 1 is 1.47 bits per heavy atom. The molecule has 19 heavy (non-hydrogen) atoms. The van der Waals surface area contributed by atoms with Gasteiger partial charge in [-0.2, -0.15) is 10.2 Å². The summed E-state index contributed by atoms with van der Waals surface area (Å²) in [4.78, 5) is 11.7. The van der Waals surface area contributed by atoms with E-state index in [1.165, 1.54) is 0 Å². The molecule has 0 radical (unpaired) electrons. The van der Waals surface area contributed by atoms with Crippen LogP contribution in [-0.2, 0) is 19.4 Å². The van der Waals surface area contributed by atoms with Gasteiger partial charge in [-0.05, 0) is 25.8 Å². The molecule has 1 aliphatic rings. The highest BCUT2D eigenvalue weighted by Gasteiger charge is 2.27. The maximum Gasteiger partial charge on any atom is 0.267 e. The van der Waals surface area contributed by atoms with E-state index in [1.54, 1.807) is 10.9 Å². The van der Waals surface area contributed by atoms with Crippen molar-refractivity contribution in [3.63, 3.8) is 0 Å². The normalized spacial score (nSPS) is 13.1. The number of nitrogens with zero attached hydrogens (tertiary/aromatic N) is 3. The number of aromatic amines is 1. The van der Waals surface area contributed by atoms with Crippen LogP contribution < -0.4 is 11.5 Å². The molecule has 0 saturated carbocycles. The van der Waals surface area contributed by atoms with Gasteiger partial charge in [0, 0.05) is 23.4 Å². The van der Waals surface area contributed by atoms with Crippen LogP contribution in [-0.4, -0.2) is 32.4 Å². The molecular weight excluding hydrogens is 244 g/mol. The third kappa shape index (κ3) is 1.82. The maximum atomic E-state index is 11.7. The van der Waals surface area contributed by atoms with Gasteiger partial charge in [-0.3, -0.25) is 14.6 Å². The molecule has 7 heteroatoms. The van der Waals surface area contributed by atoms with E-state index in [-0.39, 0.29) is 0 Å². The molecule has 3 rings (SSSR count). The molecule has 1 amide bonds. The number of hydrogen-bond acceptors (Lipinski definition) is 4. The molecule has 0 spiro atoms. The number of H-pyrrole nitrogens is 1. The quantitative estimate of drug-likeness (QED) is 0.707. The number of nitrogens with one attached hydrogen (secondary N) is 1. The Hall–Kier alpha value is -2.15. The molecule has 0 unspecified atom stereocenters. The van der Waals surface area contributed by atoms with Crippen LogP contribution in [0.3, 0.4) is 0 Å². The van der Waals surface area contributed by atoms with Gasteiger partial charge < -0.3 is 11.5 Å². The number of fused-ring (bicyclic) bond motifs is 3. The Balaban J connectivity index is 2.12. The molecule has 100 valence electrons. The van der Waals surface area contributed by atoms with Gasteiger partial charge >= 0.3 is 0 Å². The van der Waals surface area contributed by atoms with Crippen molar-refractivity contribution in [2.75, 3.05) is 6.54 Å². The van der Waals surface area contributed by atoms with E-state index in [1.807, 2.05) is 0 Å². The van der Waals surface area contributed by atoms with E-state index in [2.05, 4.69) is 15.3 Å². The molecule has 5 N–H and O–H groups in total. The number of primary amides is 1. The van der Waals surface area contributed by atoms with Crippen molar-refractivity contribution in [3.8, 4) is 11.3 Å². The van der Waals surface area contributed by atoms with Crippen LogP contribution in [0.1, 0.15) is 28.2 Å². The van der Waals surface area contributed by atoms with Gasteiger partial charge in [0.05, 0.1) is 11.9 Å². The van der Waals surface area contributed by atoms with Crippen LogP contribution in [0, 0.1) is 0 Å². The number of carbonyl (C=O) groups excluding carboxylic acids is 1. The lowest BCUT2D eigenvalue weighted by Gasteiger charge is -2.10. The van der Waals surface area contributed by atoms with Crippen LogP contribution in [0.5, 0.6) is 0 Å². The molecule has 2 aromatic rings. The zero-order valence-corrected chi connectivity index (χ0v) is 10.5. The third-order valence-electron chi connectivity index (χ3n) is 3.46. The standard InChI is InChI=1S/C12H16N6O/c13-4-1-5-18-11(12(14)19)7-2-3-9-8(6-15-16-9)10(7)17-18/h6H,1-5,13H2,(H2,14,19)(H,15,16). The summed E-state index contributed by atoms with van der Waals surface area (Å²) in [6, 6.07) is 0. The molecule has 0 atom stereocenters.